The predicted molar refractivity (Wildman–Crippen MR) is 93.3 cm³/mol. The number of carbonyl (C=O) groups is 1. The minimum atomic E-state index is -0.225. The van der Waals surface area contributed by atoms with E-state index in [9.17, 15) is 15.0 Å². The second-order valence-electron chi connectivity index (χ2n) is 9.87. The molecular weight excluding hydrogens is 300 g/mol. The molecule has 4 saturated carbocycles. The quantitative estimate of drug-likeness (QED) is 0.812. The third kappa shape index (κ3) is 2.26. The molecule has 4 rings (SSSR count). The van der Waals surface area contributed by atoms with Gasteiger partial charge in [-0.05, 0) is 85.4 Å². The van der Waals surface area contributed by atoms with Crippen molar-refractivity contribution in [3.8, 4) is 0 Å². The minimum Gasteiger partial charge on any atom is -0.396 e. The standard InChI is InChI=1S/C21H34O3/c1-20-9-6-17-19(16(20)4-3-13(20)7-10-22)18(24)12-14-11-15(23)5-8-21(14,17)2/h13-14,16-19,22,24H,3-12H2,1-2H3/t13-,14?,16?,17?,18?,19?,20-,21+/m1/s1. The van der Waals surface area contributed by atoms with Crippen LogP contribution in [0.2, 0.25) is 0 Å². The van der Waals surface area contributed by atoms with Crippen molar-refractivity contribution in [2.45, 2.75) is 77.7 Å². The number of aliphatic hydroxyl groups excluding tert-OH is 2. The Kier molecular flexibility index (Phi) is 4.12. The first-order valence-electron chi connectivity index (χ1n) is 10.2. The molecule has 24 heavy (non-hydrogen) atoms. The molecule has 0 aromatic heterocycles. The van der Waals surface area contributed by atoms with E-state index in [1.807, 2.05) is 0 Å². The van der Waals surface area contributed by atoms with Gasteiger partial charge in [0.05, 0.1) is 6.10 Å². The summed E-state index contributed by atoms with van der Waals surface area (Å²) >= 11 is 0. The van der Waals surface area contributed by atoms with E-state index >= 15 is 0 Å². The molecule has 0 amide bonds. The van der Waals surface area contributed by atoms with Gasteiger partial charge in [-0.15, -0.1) is 0 Å². The maximum atomic E-state index is 12.0. The summed E-state index contributed by atoms with van der Waals surface area (Å²) in [6, 6.07) is 0. The fourth-order valence-electron chi connectivity index (χ4n) is 7.75. The minimum absolute atomic E-state index is 0.225. The number of rotatable bonds is 2. The normalized spacial score (nSPS) is 54.1. The Morgan fingerprint density at radius 1 is 1.08 bits per heavy atom. The van der Waals surface area contributed by atoms with Crippen LogP contribution in [0.4, 0.5) is 0 Å². The molecule has 0 spiro atoms. The zero-order valence-electron chi connectivity index (χ0n) is 15.3. The second-order valence-corrected chi connectivity index (χ2v) is 9.87. The number of ketones is 1. The van der Waals surface area contributed by atoms with Crippen LogP contribution in [0.3, 0.4) is 0 Å². The van der Waals surface area contributed by atoms with Crippen molar-refractivity contribution in [2.75, 3.05) is 6.61 Å². The molecule has 3 nitrogen and oxygen atoms in total. The molecular formula is C21H34O3. The Balaban J connectivity index is 1.64. The number of hydrogen-bond acceptors (Lipinski definition) is 3. The van der Waals surface area contributed by atoms with Gasteiger partial charge in [-0.2, -0.15) is 0 Å². The summed E-state index contributed by atoms with van der Waals surface area (Å²) in [5.41, 5.74) is 0.562. The van der Waals surface area contributed by atoms with Crippen LogP contribution < -0.4 is 0 Å². The van der Waals surface area contributed by atoms with Crippen LogP contribution in [0.5, 0.6) is 0 Å². The summed E-state index contributed by atoms with van der Waals surface area (Å²) in [7, 11) is 0. The Labute approximate surface area is 146 Å². The Hall–Kier alpha value is -0.410. The molecule has 3 heteroatoms. The maximum absolute atomic E-state index is 12.0. The van der Waals surface area contributed by atoms with Crippen LogP contribution in [-0.4, -0.2) is 28.7 Å². The van der Waals surface area contributed by atoms with Crippen molar-refractivity contribution in [1.82, 2.24) is 0 Å². The van der Waals surface area contributed by atoms with Crippen molar-refractivity contribution in [3.05, 3.63) is 0 Å². The van der Waals surface area contributed by atoms with Gasteiger partial charge >= 0.3 is 0 Å². The predicted octanol–water partition coefficient (Wildman–Crippen LogP) is 3.57. The van der Waals surface area contributed by atoms with Gasteiger partial charge in [-0.1, -0.05) is 13.8 Å². The van der Waals surface area contributed by atoms with E-state index in [0.29, 0.717) is 53.8 Å². The molecule has 2 N–H and O–H groups in total. The third-order valence-corrected chi connectivity index (χ3v) is 9.17. The summed E-state index contributed by atoms with van der Waals surface area (Å²) in [6.07, 6.45) is 8.91. The lowest BCUT2D eigenvalue weighted by Gasteiger charge is -2.61. The summed E-state index contributed by atoms with van der Waals surface area (Å²) in [4.78, 5) is 12.0. The molecule has 8 atom stereocenters. The lowest BCUT2D eigenvalue weighted by molar-refractivity contribution is -0.167. The molecule has 0 aliphatic heterocycles. The molecule has 0 heterocycles. The first-order chi connectivity index (χ1) is 11.4. The highest BCUT2D eigenvalue weighted by molar-refractivity contribution is 5.79. The highest BCUT2D eigenvalue weighted by Crippen LogP contribution is 2.67. The first-order valence-corrected chi connectivity index (χ1v) is 10.2. The Bertz CT molecular complexity index is 517. The molecule has 0 bridgehead atoms. The van der Waals surface area contributed by atoms with E-state index in [2.05, 4.69) is 13.8 Å². The molecule has 4 aliphatic rings. The van der Waals surface area contributed by atoms with Gasteiger partial charge < -0.3 is 10.2 Å². The van der Waals surface area contributed by atoms with E-state index < -0.39 is 0 Å². The van der Waals surface area contributed by atoms with Crippen LogP contribution >= 0.6 is 0 Å². The monoisotopic (exact) mass is 334 g/mol. The van der Waals surface area contributed by atoms with Gasteiger partial charge in [0.2, 0.25) is 0 Å². The van der Waals surface area contributed by atoms with E-state index in [0.717, 1.165) is 25.7 Å². The van der Waals surface area contributed by atoms with E-state index in [1.165, 1.54) is 25.7 Å². The van der Waals surface area contributed by atoms with Crippen molar-refractivity contribution in [1.29, 1.82) is 0 Å². The van der Waals surface area contributed by atoms with Gasteiger partial charge in [0, 0.05) is 19.4 Å². The average molecular weight is 335 g/mol. The zero-order chi connectivity index (χ0) is 17.1. The van der Waals surface area contributed by atoms with Crippen molar-refractivity contribution in [3.63, 3.8) is 0 Å². The van der Waals surface area contributed by atoms with E-state index in [4.69, 9.17) is 0 Å². The lowest BCUT2D eigenvalue weighted by atomic mass is 9.44. The number of Topliss-reactive ketones (excluding diaryl/α,β-unsaturated/α-hetero) is 1. The molecule has 0 aromatic rings. The van der Waals surface area contributed by atoms with Crippen molar-refractivity contribution >= 4 is 5.78 Å². The summed E-state index contributed by atoms with van der Waals surface area (Å²) < 4.78 is 0. The topological polar surface area (TPSA) is 57.5 Å². The third-order valence-electron chi connectivity index (χ3n) is 9.17. The SMILES string of the molecule is C[C@]12CCC(=O)CC1CC(O)C1C2CC[C@@]2(C)C1CC[C@@H]2CCO. The van der Waals surface area contributed by atoms with Crippen LogP contribution in [-0.2, 0) is 4.79 Å². The number of aliphatic hydroxyl groups is 2. The fourth-order valence-corrected chi connectivity index (χ4v) is 7.75. The average Bonchev–Trinajstić information content (AvgIpc) is 2.87. The van der Waals surface area contributed by atoms with Gasteiger partial charge in [-0.3, -0.25) is 4.79 Å². The first kappa shape index (κ1) is 17.0. The van der Waals surface area contributed by atoms with E-state index in [1.54, 1.807) is 0 Å². The number of fused-ring (bicyclic) bond motifs is 5. The van der Waals surface area contributed by atoms with Crippen LogP contribution in [0.25, 0.3) is 0 Å². The summed E-state index contributed by atoms with van der Waals surface area (Å²) in [5.74, 6) is 3.05. The molecule has 4 fully saturated rings. The number of carbonyl (C=O) groups excluding carboxylic acids is 1. The molecule has 0 aromatic carbocycles. The fraction of sp³-hybridized carbons (Fsp3) is 0.952. The van der Waals surface area contributed by atoms with Crippen molar-refractivity contribution in [2.24, 2.45) is 40.4 Å². The van der Waals surface area contributed by atoms with E-state index in [-0.39, 0.29) is 11.5 Å². The highest BCUT2D eigenvalue weighted by atomic mass is 16.3. The molecule has 5 unspecified atom stereocenters. The van der Waals surface area contributed by atoms with Crippen molar-refractivity contribution < 1.29 is 15.0 Å². The number of hydrogen-bond donors (Lipinski definition) is 2. The van der Waals surface area contributed by atoms with Gasteiger partial charge in [0.1, 0.15) is 5.78 Å². The largest absolute Gasteiger partial charge is 0.396 e. The summed E-state index contributed by atoms with van der Waals surface area (Å²) in [5, 5.41) is 20.5. The maximum Gasteiger partial charge on any atom is 0.133 e. The molecule has 136 valence electrons. The molecule has 0 radical (unpaired) electrons. The molecule has 0 saturated heterocycles. The smallest absolute Gasteiger partial charge is 0.133 e. The second kappa shape index (κ2) is 5.81. The highest BCUT2D eigenvalue weighted by Gasteiger charge is 2.62. The Morgan fingerprint density at radius 2 is 1.83 bits per heavy atom. The van der Waals surface area contributed by atoms with Crippen LogP contribution in [0, 0.1) is 40.4 Å². The molecule has 4 aliphatic carbocycles. The van der Waals surface area contributed by atoms with Crippen LogP contribution in [0.1, 0.15) is 71.6 Å². The Morgan fingerprint density at radius 3 is 2.58 bits per heavy atom. The summed E-state index contributed by atoms with van der Waals surface area (Å²) in [6.45, 7) is 5.16. The zero-order valence-corrected chi connectivity index (χ0v) is 15.3. The van der Waals surface area contributed by atoms with Gasteiger partial charge in [0.25, 0.3) is 0 Å². The lowest BCUT2D eigenvalue weighted by Crippen LogP contribution is -2.58. The van der Waals surface area contributed by atoms with Crippen LogP contribution in [0.15, 0.2) is 0 Å². The van der Waals surface area contributed by atoms with Gasteiger partial charge in [0.15, 0.2) is 0 Å². The van der Waals surface area contributed by atoms with Gasteiger partial charge in [-0.25, -0.2) is 0 Å².